The first-order chi connectivity index (χ1) is 7.77. The fraction of sp³-hybridized carbons (Fsp3) is 0.200. The molecule has 0 saturated carbocycles. The molecule has 0 radical (unpaired) electrons. The van der Waals surface area contributed by atoms with Gasteiger partial charge in [0.2, 0.25) is 0 Å². The summed E-state index contributed by atoms with van der Waals surface area (Å²) in [5.41, 5.74) is 2.74. The van der Waals surface area contributed by atoms with Crippen LogP contribution >= 0.6 is 15.9 Å². The summed E-state index contributed by atoms with van der Waals surface area (Å²) in [7, 11) is 0. The molecule has 2 rings (SSSR count). The molecule has 1 heteroatoms. The standard InChI is InChI=1S/C15H15Br/c1-15(12-16,13-8-4-2-5-9-13)14-10-6-3-7-11-14/h2-11H,12H2,1H3. The fourth-order valence-corrected chi connectivity index (χ4v) is 2.58. The van der Waals surface area contributed by atoms with Gasteiger partial charge in [-0.1, -0.05) is 83.5 Å². The molecule has 0 nitrogen and oxygen atoms in total. The summed E-state index contributed by atoms with van der Waals surface area (Å²) in [5.74, 6) is 0. The number of rotatable bonds is 3. The number of halogens is 1. The van der Waals surface area contributed by atoms with Gasteiger partial charge >= 0.3 is 0 Å². The van der Waals surface area contributed by atoms with Gasteiger partial charge in [-0.2, -0.15) is 0 Å². The van der Waals surface area contributed by atoms with Gasteiger partial charge < -0.3 is 0 Å². The van der Waals surface area contributed by atoms with Gasteiger partial charge in [0.05, 0.1) is 0 Å². The van der Waals surface area contributed by atoms with Gasteiger partial charge in [0.15, 0.2) is 0 Å². The van der Waals surface area contributed by atoms with E-state index in [2.05, 4.69) is 83.5 Å². The molecule has 0 bridgehead atoms. The topological polar surface area (TPSA) is 0 Å². The number of benzene rings is 2. The van der Waals surface area contributed by atoms with Crippen molar-refractivity contribution in [1.29, 1.82) is 0 Å². The molecule has 2 aromatic rings. The van der Waals surface area contributed by atoms with E-state index < -0.39 is 0 Å². The molecule has 0 atom stereocenters. The van der Waals surface area contributed by atoms with Crippen LogP contribution in [0.25, 0.3) is 0 Å². The number of alkyl halides is 1. The monoisotopic (exact) mass is 274 g/mol. The predicted molar refractivity (Wildman–Crippen MR) is 73.1 cm³/mol. The maximum Gasteiger partial charge on any atom is 0.0271 e. The smallest absolute Gasteiger partial charge is 0.0271 e. The van der Waals surface area contributed by atoms with E-state index in [1.807, 2.05) is 0 Å². The Morgan fingerprint density at radius 2 is 1.19 bits per heavy atom. The summed E-state index contributed by atoms with van der Waals surface area (Å²) in [6.07, 6.45) is 0. The van der Waals surface area contributed by atoms with Crippen molar-refractivity contribution in [3.8, 4) is 0 Å². The molecule has 0 aliphatic rings. The van der Waals surface area contributed by atoms with Crippen LogP contribution in [0, 0.1) is 0 Å². The van der Waals surface area contributed by atoms with Crippen LogP contribution in [-0.2, 0) is 5.41 Å². The molecule has 0 spiro atoms. The Morgan fingerprint density at radius 3 is 1.50 bits per heavy atom. The molecule has 0 unspecified atom stereocenters. The second-order valence-corrected chi connectivity index (χ2v) is 4.76. The van der Waals surface area contributed by atoms with Gasteiger partial charge in [-0.05, 0) is 11.1 Å². The Morgan fingerprint density at radius 1 is 0.812 bits per heavy atom. The first kappa shape index (κ1) is 11.4. The molecular formula is C15H15Br. The van der Waals surface area contributed by atoms with Crippen molar-refractivity contribution in [2.24, 2.45) is 0 Å². The molecule has 0 amide bonds. The molecule has 0 aromatic heterocycles. The highest BCUT2D eigenvalue weighted by Gasteiger charge is 2.26. The van der Waals surface area contributed by atoms with Crippen LogP contribution in [0.3, 0.4) is 0 Å². The van der Waals surface area contributed by atoms with Crippen LogP contribution in [0.2, 0.25) is 0 Å². The summed E-state index contributed by atoms with van der Waals surface area (Å²) in [6, 6.07) is 21.3. The molecule has 2 aromatic carbocycles. The molecule has 82 valence electrons. The van der Waals surface area contributed by atoms with Crippen LogP contribution in [0.1, 0.15) is 18.1 Å². The highest BCUT2D eigenvalue weighted by Crippen LogP contribution is 2.33. The lowest BCUT2D eigenvalue weighted by Gasteiger charge is -2.28. The van der Waals surface area contributed by atoms with E-state index in [1.54, 1.807) is 0 Å². The third-order valence-corrected chi connectivity index (χ3v) is 4.21. The molecule has 0 aliphatic carbocycles. The van der Waals surface area contributed by atoms with E-state index in [0.717, 1.165) is 5.33 Å². The molecule has 0 aliphatic heterocycles. The van der Waals surface area contributed by atoms with E-state index in [0.29, 0.717) is 0 Å². The largest absolute Gasteiger partial charge is 0.0915 e. The fourth-order valence-electron chi connectivity index (χ4n) is 1.93. The lowest BCUT2D eigenvalue weighted by atomic mass is 9.78. The summed E-state index contributed by atoms with van der Waals surface area (Å²) < 4.78 is 0. The molecule has 0 saturated heterocycles. The number of hydrogen-bond donors (Lipinski definition) is 0. The van der Waals surface area contributed by atoms with Crippen molar-refractivity contribution in [2.45, 2.75) is 12.3 Å². The first-order valence-corrected chi connectivity index (χ1v) is 6.56. The normalized spacial score (nSPS) is 11.4. The average molecular weight is 275 g/mol. The van der Waals surface area contributed by atoms with Crippen molar-refractivity contribution >= 4 is 15.9 Å². The molecule has 16 heavy (non-hydrogen) atoms. The van der Waals surface area contributed by atoms with Crippen molar-refractivity contribution in [1.82, 2.24) is 0 Å². The van der Waals surface area contributed by atoms with Gasteiger partial charge in [0.1, 0.15) is 0 Å². The van der Waals surface area contributed by atoms with Crippen LogP contribution in [0.5, 0.6) is 0 Å². The van der Waals surface area contributed by atoms with Crippen molar-refractivity contribution in [3.05, 3.63) is 71.8 Å². The average Bonchev–Trinajstić information content (AvgIpc) is 2.40. The van der Waals surface area contributed by atoms with Gasteiger partial charge in [0, 0.05) is 10.7 Å². The zero-order valence-corrected chi connectivity index (χ0v) is 10.9. The summed E-state index contributed by atoms with van der Waals surface area (Å²) >= 11 is 3.65. The van der Waals surface area contributed by atoms with Crippen LogP contribution in [-0.4, -0.2) is 5.33 Å². The Balaban J connectivity index is 2.49. The third-order valence-electron chi connectivity index (χ3n) is 3.09. The summed E-state index contributed by atoms with van der Waals surface area (Å²) in [4.78, 5) is 0. The zero-order chi connectivity index (χ0) is 11.4. The summed E-state index contributed by atoms with van der Waals surface area (Å²) in [6.45, 7) is 2.27. The van der Waals surface area contributed by atoms with Gasteiger partial charge in [-0.3, -0.25) is 0 Å². The lowest BCUT2D eigenvalue weighted by molar-refractivity contribution is 0.658. The first-order valence-electron chi connectivity index (χ1n) is 5.44. The molecule has 0 fully saturated rings. The maximum atomic E-state index is 3.65. The minimum Gasteiger partial charge on any atom is -0.0915 e. The summed E-state index contributed by atoms with van der Waals surface area (Å²) in [5, 5.41) is 0.925. The minimum atomic E-state index is 0.0442. The molecular weight excluding hydrogens is 260 g/mol. The van der Waals surface area contributed by atoms with Gasteiger partial charge in [-0.25, -0.2) is 0 Å². The highest BCUT2D eigenvalue weighted by molar-refractivity contribution is 9.09. The maximum absolute atomic E-state index is 3.65. The third kappa shape index (κ3) is 2.05. The Hall–Kier alpha value is -1.08. The van der Waals surface area contributed by atoms with Gasteiger partial charge in [-0.15, -0.1) is 0 Å². The predicted octanol–water partition coefficient (Wildman–Crippen LogP) is 4.39. The second kappa shape index (κ2) is 4.84. The van der Waals surface area contributed by atoms with Crippen LogP contribution in [0.15, 0.2) is 60.7 Å². The quantitative estimate of drug-likeness (QED) is 0.729. The van der Waals surface area contributed by atoms with E-state index >= 15 is 0 Å². The van der Waals surface area contributed by atoms with E-state index in [9.17, 15) is 0 Å². The second-order valence-electron chi connectivity index (χ2n) is 4.20. The molecule has 0 N–H and O–H groups in total. The van der Waals surface area contributed by atoms with E-state index in [4.69, 9.17) is 0 Å². The van der Waals surface area contributed by atoms with Crippen LogP contribution < -0.4 is 0 Å². The van der Waals surface area contributed by atoms with Crippen molar-refractivity contribution < 1.29 is 0 Å². The molecule has 0 heterocycles. The zero-order valence-electron chi connectivity index (χ0n) is 9.36. The minimum absolute atomic E-state index is 0.0442. The lowest BCUT2D eigenvalue weighted by Crippen LogP contribution is -2.25. The van der Waals surface area contributed by atoms with E-state index in [-0.39, 0.29) is 5.41 Å². The van der Waals surface area contributed by atoms with Crippen molar-refractivity contribution in [3.63, 3.8) is 0 Å². The van der Waals surface area contributed by atoms with Crippen LogP contribution in [0.4, 0.5) is 0 Å². The Kier molecular flexibility index (Phi) is 3.45. The SMILES string of the molecule is CC(CBr)(c1ccccc1)c1ccccc1. The highest BCUT2D eigenvalue weighted by atomic mass is 79.9. The van der Waals surface area contributed by atoms with Gasteiger partial charge in [0.25, 0.3) is 0 Å². The Labute approximate surface area is 105 Å². The van der Waals surface area contributed by atoms with E-state index in [1.165, 1.54) is 11.1 Å². The number of hydrogen-bond acceptors (Lipinski definition) is 0. The van der Waals surface area contributed by atoms with Crippen molar-refractivity contribution in [2.75, 3.05) is 5.33 Å². The Bertz CT molecular complexity index is 394.